The van der Waals surface area contributed by atoms with Crippen LogP contribution in [-0.4, -0.2) is 8.42 Å². The van der Waals surface area contributed by atoms with Crippen LogP contribution in [0.15, 0.2) is 41.3 Å². The topological polar surface area (TPSA) is 46.2 Å². The molecule has 2 aromatic rings. The van der Waals surface area contributed by atoms with Crippen LogP contribution in [0.2, 0.25) is 10.0 Å². The van der Waals surface area contributed by atoms with Crippen molar-refractivity contribution >= 4 is 38.9 Å². The van der Waals surface area contributed by atoms with Crippen LogP contribution in [0.3, 0.4) is 0 Å². The maximum absolute atomic E-state index is 12.6. The molecule has 116 valence electrons. The molecule has 22 heavy (non-hydrogen) atoms. The lowest BCUT2D eigenvalue weighted by Crippen LogP contribution is -2.16. The van der Waals surface area contributed by atoms with Crippen molar-refractivity contribution in [3.8, 4) is 0 Å². The summed E-state index contributed by atoms with van der Waals surface area (Å²) in [6.07, 6.45) is 4.11. The minimum absolute atomic E-state index is 0.0342. The number of benzene rings is 2. The average molecular weight is 356 g/mol. The van der Waals surface area contributed by atoms with Crippen molar-refractivity contribution in [3.05, 3.63) is 57.6 Å². The smallest absolute Gasteiger partial charge is 0.263 e. The van der Waals surface area contributed by atoms with E-state index in [1.807, 2.05) is 6.07 Å². The van der Waals surface area contributed by atoms with Crippen LogP contribution >= 0.6 is 23.2 Å². The van der Waals surface area contributed by atoms with Gasteiger partial charge in [0.1, 0.15) is 4.90 Å². The van der Waals surface area contributed by atoms with Gasteiger partial charge in [-0.1, -0.05) is 35.3 Å². The molecule has 0 aliphatic heterocycles. The number of halogens is 2. The predicted octanol–water partition coefficient (Wildman–Crippen LogP) is 4.67. The summed E-state index contributed by atoms with van der Waals surface area (Å²) in [6.45, 7) is 0. The third-order valence-corrected chi connectivity index (χ3v) is 5.91. The van der Waals surface area contributed by atoms with Crippen LogP contribution in [0.5, 0.6) is 0 Å². The molecule has 0 heterocycles. The molecule has 6 heteroatoms. The van der Waals surface area contributed by atoms with E-state index in [-0.39, 0.29) is 9.92 Å². The quantitative estimate of drug-likeness (QED) is 0.869. The first-order valence-electron chi connectivity index (χ1n) is 7.06. The molecule has 3 nitrogen and oxygen atoms in total. The Bertz CT molecular complexity index is 819. The SMILES string of the molecule is O=S(=O)(Nc1cccc2c1CCCC2)c1ccc(Cl)cc1Cl. The van der Waals surface area contributed by atoms with Gasteiger partial charge in [-0.05, 0) is 61.1 Å². The van der Waals surface area contributed by atoms with Gasteiger partial charge in [0.25, 0.3) is 10.0 Å². The lowest BCUT2D eigenvalue weighted by atomic mass is 9.91. The molecular weight excluding hydrogens is 341 g/mol. The summed E-state index contributed by atoms with van der Waals surface area (Å²) < 4.78 is 27.8. The van der Waals surface area contributed by atoms with Gasteiger partial charge in [0, 0.05) is 5.02 Å². The molecule has 1 N–H and O–H groups in total. The molecule has 0 saturated heterocycles. The third-order valence-electron chi connectivity index (χ3n) is 3.82. The maximum Gasteiger partial charge on any atom is 0.263 e. The number of nitrogens with one attached hydrogen (secondary N) is 1. The van der Waals surface area contributed by atoms with Gasteiger partial charge in [-0.3, -0.25) is 4.72 Å². The van der Waals surface area contributed by atoms with E-state index in [1.165, 1.54) is 23.8 Å². The summed E-state index contributed by atoms with van der Waals surface area (Å²) in [6, 6.07) is 10.1. The number of hydrogen-bond donors (Lipinski definition) is 1. The largest absolute Gasteiger partial charge is 0.279 e. The minimum atomic E-state index is -3.73. The molecule has 0 saturated carbocycles. The van der Waals surface area contributed by atoms with Gasteiger partial charge in [0.15, 0.2) is 0 Å². The van der Waals surface area contributed by atoms with Crippen molar-refractivity contribution in [1.82, 2.24) is 0 Å². The van der Waals surface area contributed by atoms with E-state index in [4.69, 9.17) is 23.2 Å². The van der Waals surface area contributed by atoms with Gasteiger partial charge in [0.2, 0.25) is 0 Å². The van der Waals surface area contributed by atoms with Crippen LogP contribution in [0.25, 0.3) is 0 Å². The van der Waals surface area contributed by atoms with E-state index in [0.29, 0.717) is 10.7 Å². The monoisotopic (exact) mass is 355 g/mol. The Morgan fingerprint density at radius 1 is 1.00 bits per heavy atom. The molecule has 3 rings (SSSR count). The molecule has 0 fully saturated rings. The number of hydrogen-bond acceptors (Lipinski definition) is 2. The van der Waals surface area contributed by atoms with Crippen molar-refractivity contribution in [2.45, 2.75) is 30.6 Å². The molecular formula is C16H15Cl2NO2S. The Balaban J connectivity index is 1.98. The van der Waals surface area contributed by atoms with E-state index in [9.17, 15) is 8.42 Å². The lowest BCUT2D eigenvalue weighted by molar-refractivity contribution is 0.601. The van der Waals surface area contributed by atoms with Crippen molar-refractivity contribution in [3.63, 3.8) is 0 Å². The fourth-order valence-electron chi connectivity index (χ4n) is 2.77. The molecule has 0 bridgehead atoms. The molecule has 0 radical (unpaired) electrons. The zero-order chi connectivity index (χ0) is 15.7. The lowest BCUT2D eigenvalue weighted by Gasteiger charge is -2.20. The first kappa shape index (κ1) is 15.7. The van der Waals surface area contributed by atoms with Crippen molar-refractivity contribution in [1.29, 1.82) is 0 Å². The van der Waals surface area contributed by atoms with Gasteiger partial charge in [0.05, 0.1) is 10.7 Å². The predicted molar refractivity (Wildman–Crippen MR) is 90.4 cm³/mol. The Morgan fingerprint density at radius 2 is 1.77 bits per heavy atom. The second-order valence-electron chi connectivity index (χ2n) is 5.33. The van der Waals surface area contributed by atoms with Gasteiger partial charge in [-0.15, -0.1) is 0 Å². The van der Waals surface area contributed by atoms with E-state index in [0.717, 1.165) is 31.2 Å². The van der Waals surface area contributed by atoms with Crippen molar-refractivity contribution in [2.75, 3.05) is 4.72 Å². The molecule has 0 spiro atoms. The highest BCUT2D eigenvalue weighted by Gasteiger charge is 2.21. The average Bonchev–Trinajstić information content (AvgIpc) is 2.47. The van der Waals surface area contributed by atoms with E-state index >= 15 is 0 Å². The van der Waals surface area contributed by atoms with E-state index in [2.05, 4.69) is 10.8 Å². The molecule has 2 aromatic carbocycles. The summed E-state index contributed by atoms with van der Waals surface area (Å²) in [7, 11) is -3.73. The summed E-state index contributed by atoms with van der Waals surface area (Å²) in [5, 5.41) is 0.519. The van der Waals surface area contributed by atoms with E-state index in [1.54, 1.807) is 6.07 Å². The van der Waals surface area contributed by atoms with Crippen LogP contribution in [0.1, 0.15) is 24.0 Å². The first-order valence-corrected chi connectivity index (χ1v) is 9.30. The molecule has 0 aromatic heterocycles. The summed E-state index contributed by atoms with van der Waals surface area (Å²) in [4.78, 5) is 0.0342. The first-order chi connectivity index (χ1) is 10.5. The zero-order valence-electron chi connectivity index (χ0n) is 11.8. The summed E-state index contributed by atoms with van der Waals surface area (Å²) in [5.74, 6) is 0. The van der Waals surface area contributed by atoms with Crippen molar-refractivity contribution < 1.29 is 8.42 Å². The van der Waals surface area contributed by atoms with Crippen LogP contribution in [0, 0.1) is 0 Å². The van der Waals surface area contributed by atoms with E-state index < -0.39 is 10.0 Å². The molecule has 0 unspecified atom stereocenters. The van der Waals surface area contributed by atoms with Gasteiger partial charge < -0.3 is 0 Å². The third kappa shape index (κ3) is 3.09. The number of fused-ring (bicyclic) bond motifs is 1. The highest BCUT2D eigenvalue weighted by molar-refractivity contribution is 7.92. The Labute approximate surface area is 140 Å². The Kier molecular flexibility index (Phi) is 4.35. The normalized spacial score (nSPS) is 14.5. The van der Waals surface area contributed by atoms with Crippen LogP contribution in [-0.2, 0) is 22.9 Å². The van der Waals surface area contributed by atoms with Gasteiger partial charge in [-0.25, -0.2) is 8.42 Å². The second-order valence-corrected chi connectivity index (χ2v) is 7.83. The van der Waals surface area contributed by atoms with Crippen LogP contribution in [0.4, 0.5) is 5.69 Å². The minimum Gasteiger partial charge on any atom is -0.279 e. The molecule has 0 atom stereocenters. The Morgan fingerprint density at radius 3 is 2.55 bits per heavy atom. The fraction of sp³-hybridized carbons (Fsp3) is 0.250. The summed E-state index contributed by atoms with van der Waals surface area (Å²) in [5.41, 5.74) is 2.94. The number of anilines is 1. The molecule has 1 aliphatic rings. The van der Waals surface area contributed by atoms with Gasteiger partial charge >= 0.3 is 0 Å². The molecule has 0 amide bonds. The van der Waals surface area contributed by atoms with Crippen molar-refractivity contribution in [2.24, 2.45) is 0 Å². The standard InChI is InChI=1S/C16H15Cl2NO2S/c17-12-8-9-16(14(18)10-12)22(20,21)19-15-7-3-5-11-4-1-2-6-13(11)15/h3,5,7-10,19H,1-2,4,6H2. The molecule has 1 aliphatic carbocycles. The van der Waals surface area contributed by atoms with Crippen LogP contribution < -0.4 is 4.72 Å². The highest BCUT2D eigenvalue weighted by atomic mass is 35.5. The fourth-order valence-corrected chi connectivity index (χ4v) is 4.64. The highest BCUT2D eigenvalue weighted by Crippen LogP contribution is 2.31. The Hall–Kier alpha value is -1.23. The number of aryl methyl sites for hydroxylation is 1. The van der Waals surface area contributed by atoms with Gasteiger partial charge in [-0.2, -0.15) is 0 Å². The summed E-state index contributed by atoms with van der Waals surface area (Å²) >= 11 is 11.8. The number of rotatable bonds is 3. The number of sulfonamides is 1. The maximum atomic E-state index is 12.6. The zero-order valence-corrected chi connectivity index (χ0v) is 14.1. The second kappa shape index (κ2) is 6.11.